The maximum Gasteiger partial charge on any atom is 0.338 e. The summed E-state index contributed by atoms with van der Waals surface area (Å²) < 4.78 is 23.2. The van der Waals surface area contributed by atoms with E-state index in [4.69, 9.17) is 18.9 Å². The molecule has 5 heteroatoms. The molecule has 2 heterocycles. The molecule has 0 spiro atoms. The molecule has 4 rings (SSSR count). The number of esters is 1. The first-order valence-corrected chi connectivity index (χ1v) is 8.49. The third-order valence-electron chi connectivity index (χ3n) is 4.47. The summed E-state index contributed by atoms with van der Waals surface area (Å²) in [5, 5.41) is 0. The molecule has 0 aliphatic carbocycles. The van der Waals surface area contributed by atoms with Crippen LogP contribution in [0, 0.1) is 0 Å². The maximum atomic E-state index is 12.2. The van der Waals surface area contributed by atoms with Crippen molar-refractivity contribution in [2.45, 2.75) is 31.0 Å². The molecule has 2 aromatic rings. The Balaban J connectivity index is 1.38. The summed E-state index contributed by atoms with van der Waals surface area (Å²) in [5.41, 5.74) is 1.52. The second-order valence-electron chi connectivity index (χ2n) is 6.25. The highest BCUT2D eigenvalue weighted by atomic mass is 16.7. The van der Waals surface area contributed by atoms with Crippen molar-refractivity contribution in [2.75, 3.05) is 13.2 Å². The van der Waals surface area contributed by atoms with Crippen LogP contribution in [-0.2, 0) is 18.9 Å². The normalized spacial score (nSPS) is 28.8. The molecule has 4 atom stereocenters. The Labute approximate surface area is 146 Å². The van der Waals surface area contributed by atoms with E-state index in [9.17, 15) is 4.79 Å². The molecule has 130 valence electrons. The number of rotatable bonds is 3. The van der Waals surface area contributed by atoms with Gasteiger partial charge in [-0.15, -0.1) is 0 Å². The predicted octanol–water partition coefficient (Wildman–Crippen LogP) is 3.12. The first kappa shape index (κ1) is 16.3. The van der Waals surface area contributed by atoms with Crippen LogP contribution in [0.4, 0.5) is 0 Å². The molecular weight excluding hydrogens is 320 g/mol. The lowest BCUT2D eigenvalue weighted by molar-refractivity contribution is -0.287. The Morgan fingerprint density at radius 1 is 0.880 bits per heavy atom. The molecule has 0 saturated carbocycles. The van der Waals surface area contributed by atoms with E-state index < -0.39 is 6.29 Å². The van der Waals surface area contributed by atoms with Crippen LogP contribution in [0.25, 0.3) is 0 Å². The monoisotopic (exact) mass is 340 g/mol. The summed E-state index contributed by atoms with van der Waals surface area (Å²) >= 11 is 0. The third kappa shape index (κ3) is 3.74. The van der Waals surface area contributed by atoms with Gasteiger partial charge in [0.15, 0.2) is 6.29 Å². The zero-order valence-electron chi connectivity index (χ0n) is 13.7. The van der Waals surface area contributed by atoms with Gasteiger partial charge in [0.2, 0.25) is 0 Å². The number of carbonyl (C=O) groups excluding carboxylic acids is 1. The number of hydrogen-bond acceptors (Lipinski definition) is 5. The molecule has 5 nitrogen and oxygen atoms in total. The van der Waals surface area contributed by atoms with Crippen LogP contribution in [0.15, 0.2) is 60.7 Å². The average molecular weight is 340 g/mol. The van der Waals surface area contributed by atoms with Crippen molar-refractivity contribution in [1.29, 1.82) is 0 Å². The van der Waals surface area contributed by atoms with E-state index in [0.717, 1.165) is 5.56 Å². The summed E-state index contributed by atoms with van der Waals surface area (Å²) in [5.74, 6) is -0.334. The topological polar surface area (TPSA) is 54.0 Å². The van der Waals surface area contributed by atoms with Gasteiger partial charge < -0.3 is 18.9 Å². The van der Waals surface area contributed by atoms with Crippen LogP contribution in [0.3, 0.4) is 0 Å². The Hall–Kier alpha value is -2.21. The Morgan fingerprint density at radius 2 is 1.60 bits per heavy atom. The lowest BCUT2D eigenvalue weighted by atomic mass is 10.0. The molecule has 0 radical (unpaired) electrons. The van der Waals surface area contributed by atoms with E-state index >= 15 is 0 Å². The summed E-state index contributed by atoms with van der Waals surface area (Å²) in [4.78, 5) is 12.2. The Bertz CT molecular complexity index is 703. The Morgan fingerprint density at radius 3 is 2.36 bits per heavy atom. The number of carbonyl (C=O) groups is 1. The molecule has 2 aliphatic rings. The van der Waals surface area contributed by atoms with Crippen molar-refractivity contribution in [3.8, 4) is 0 Å². The zero-order chi connectivity index (χ0) is 17.1. The van der Waals surface area contributed by atoms with Gasteiger partial charge in [-0.3, -0.25) is 0 Å². The van der Waals surface area contributed by atoms with Gasteiger partial charge in [0, 0.05) is 12.0 Å². The van der Waals surface area contributed by atoms with Gasteiger partial charge in [0.1, 0.15) is 12.2 Å². The van der Waals surface area contributed by atoms with Crippen LogP contribution >= 0.6 is 0 Å². The minimum absolute atomic E-state index is 0.119. The van der Waals surface area contributed by atoms with Crippen molar-refractivity contribution in [1.82, 2.24) is 0 Å². The second kappa shape index (κ2) is 7.35. The van der Waals surface area contributed by atoms with Crippen LogP contribution in [0.1, 0.15) is 28.6 Å². The van der Waals surface area contributed by atoms with Crippen LogP contribution in [-0.4, -0.2) is 37.5 Å². The first-order valence-electron chi connectivity index (χ1n) is 8.49. The predicted molar refractivity (Wildman–Crippen MR) is 90.0 cm³/mol. The molecule has 0 bridgehead atoms. The van der Waals surface area contributed by atoms with Crippen molar-refractivity contribution >= 4 is 5.97 Å². The summed E-state index contributed by atoms with van der Waals surface area (Å²) in [6.45, 7) is 0.839. The summed E-state index contributed by atoms with van der Waals surface area (Å²) in [7, 11) is 0. The smallest absolute Gasteiger partial charge is 0.338 e. The van der Waals surface area contributed by atoms with E-state index in [1.807, 2.05) is 48.5 Å². The summed E-state index contributed by atoms with van der Waals surface area (Å²) in [6.07, 6.45) is -0.387. The van der Waals surface area contributed by atoms with E-state index in [1.54, 1.807) is 12.1 Å². The van der Waals surface area contributed by atoms with Crippen molar-refractivity contribution in [3.63, 3.8) is 0 Å². The first-order chi connectivity index (χ1) is 12.3. The molecule has 2 aliphatic heterocycles. The van der Waals surface area contributed by atoms with Gasteiger partial charge in [0.05, 0.1) is 24.9 Å². The van der Waals surface area contributed by atoms with Crippen molar-refractivity contribution in [2.24, 2.45) is 0 Å². The highest BCUT2D eigenvalue weighted by molar-refractivity contribution is 5.89. The quantitative estimate of drug-likeness (QED) is 0.804. The molecule has 2 aromatic carbocycles. The van der Waals surface area contributed by atoms with Crippen molar-refractivity contribution < 1.29 is 23.7 Å². The second-order valence-corrected chi connectivity index (χ2v) is 6.25. The van der Waals surface area contributed by atoms with Gasteiger partial charge in [-0.25, -0.2) is 4.79 Å². The van der Waals surface area contributed by atoms with Gasteiger partial charge in [-0.2, -0.15) is 0 Å². The fraction of sp³-hybridized carbons (Fsp3) is 0.350. The average Bonchev–Trinajstić information content (AvgIpc) is 2.69. The van der Waals surface area contributed by atoms with Crippen LogP contribution in [0.5, 0.6) is 0 Å². The molecule has 0 amide bonds. The molecule has 0 N–H and O–H groups in total. The molecule has 0 aromatic heterocycles. The standard InChI is InChI=1S/C20H20O5/c21-19(14-7-3-1-4-8-14)24-16-11-17-18(22-12-16)13-23-20(25-17)15-9-5-2-6-10-15/h1-10,16-18,20H,11-13H2. The van der Waals surface area contributed by atoms with Gasteiger partial charge in [-0.1, -0.05) is 48.5 Å². The Kier molecular flexibility index (Phi) is 4.78. The number of fused-ring (bicyclic) bond motifs is 1. The zero-order valence-corrected chi connectivity index (χ0v) is 13.7. The number of hydrogen-bond donors (Lipinski definition) is 0. The molecule has 2 fully saturated rings. The van der Waals surface area contributed by atoms with Gasteiger partial charge >= 0.3 is 5.97 Å². The SMILES string of the molecule is O=C(OC1COC2COC(c3ccccc3)OC2C1)c1ccccc1. The minimum atomic E-state index is -0.408. The highest BCUT2D eigenvalue weighted by Crippen LogP contribution is 2.32. The maximum absolute atomic E-state index is 12.2. The minimum Gasteiger partial charge on any atom is -0.456 e. The third-order valence-corrected chi connectivity index (χ3v) is 4.47. The largest absolute Gasteiger partial charge is 0.456 e. The van der Waals surface area contributed by atoms with Crippen molar-refractivity contribution in [3.05, 3.63) is 71.8 Å². The number of benzene rings is 2. The highest BCUT2D eigenvalue weighted by Gasteiger charge is 2.39. The summed E-state index contributed by atoms with van der Waals surface area (Å²) in [6, 6.07) is 18.8. The van der Waals surface area contributed by atoms with Gasteiger partial charge in [0.25, 0.3) is 0 Å². The fourth-order valence-corrected chi connectivity index (χ4v) is 3.16. The molecule has 2 saturated heterocycles. The van der Waals surface area contributed by atoms with Crippen LogP contribution in [0.2, 0.25) is 0 Å². The fourth-order valence-electron chi connectivity index (χ4n) is 3.16. The van der Waals surface area contributed by atoms with E-state index in [2.05, 4.69) is 0 Å². The van der Waals surface area contributed by atoms with E-state index in [-0.39, 0.29) is 24.3 Å². The van der Waals surface area contributed by atoms with E-state index in [1.165, 1.54) is 0 Å². The van der Waals surface area contributed by atoms with Crippen LogP contribution < -0.4 is 0 Å². The van der Waals surface area contributed by atoms with E-state index in [0.29, 0.717) is 25.2 Å². The molecular formula is C20H20O5. The van der Waals surface area contributed by atoms with Gasteiger partial charge in [-0.05, 0) is 12.1 Å². The lowest BCUT2D eigenvalue weighted by Crippen LogP contribution is -2.50. The molecule has 4 unspecified atom stereocenters. The number of ether oxygens (including phenoxy) is 4. The molecule has 25 heavy (non-hydrogen) atoms. The lowest BCUT2D eigenvalue weighted by Gasteiger charge is -2.41.